The van der Waals surface area contributed by atoms with Crippen molar-refractivity contribution < 1.29 is 17.6 Å². The zero-order valence-corrected chi connectivity index (χ0v) is 16.7. The van der Waals surface area contributed by atoms with Crippen LogP contribution in [-0.4, -0.2) is 31.9 Å². The van der Waals surface area contributed by atoms with Crippen LogP contribution in [-0.2, 0) is 10.0 Å². The van der Waals surface area contributed by atoms with Crippen LogP contribution in [0.1, 0.15) is 23.2 Å². The third-order valence-corrected chi connectivity index (χ3v) is 5.83. The monoisotopic (exact) mass is 409 g/mol. The van der Waals surface area contributed by atoms with Crippen molar-refractivity contribution in [3.05, 3.63) is 64.8 Å². The van der Waals surface area contributed by atoms with E-state index in [0.29, 0.717) is 11.5 Å². The van der Waals surface area contributed by atoms with Gasteiger partial charge in [-0.05, 0) is 50.2 Å². The third-order valence-electron chi connectivity index (χ3n) is 4.11. The van der Waals surface area contributed by atoms with Gasteiger partial charge in [-0.2, -0.15) is 5.10 Å². The molecule has 0 spiro atoms. The van der Waals surface area contributed by atoms with Crippen molar-refractivity contribution in [1.82, 2.24) is 14.5 Å². The molecule has 1 unspecified atom stereocenters. The maximum Gasteiger partial charge on any atom is 0.240 e. The first-order valence-electron chi connectivity index (χ1n) is 8.21. The van der Waals surface area contributed by atoms with Crippen LogP contribution >= 0.6 is 11.6 Å². The van der Waals surface area contributed by atoms with Gasteiger partial charge >= 0.3 is 0 Å². The highest BCUT2D eigenvalue weighted by Gasteiger charge is 2.24. The van der Waals surface area contributed by atoms with Gasteiger partial charge in [0.15, 0.2) is 0 Å². The van der Waals surface area contributed by atoms with Gasteiger partial charge in [-0.25, -0.2) is 13.1 Å². The van der Waals surface area contributed by atoms with Gasteiger partial charge in [0.1, 0.15) is 17.6 Å². The number of aromatic nitrogens is 2. The molecule has 1 atom stereocenters. The Hall–Kier alpha value is -2.29. The summed E-state index contributed by atoms with van der Waals surface area (Å²) in [4.78, 5) is 0.0554. The molecule has 7 nitrogen and oxygen atoms in total. The molecule has 0 saturated heterocycles. The smallest absolute Gasteiger partial charge is 0.240 e. The Kier molecular flexibility index (Phi) is 5.59. The first kappa shape index (κ1) is 19.5. The topological polar surface area (TPSA) is 86.4 Å². The molecule has 0 aliphatic heterocycles. The van der Waals surface area contributed by atoms with E-state index in [-0.39, 0.29) is 16.5 Å². The predicted octanol–water partition coefficient (Wildman–Crippen LogP) is 3.32. The quantitative estimate of drug-likeness (QED) is 0.646. The highest BCUT2D eigenvalue weighted by molar-refractivity contribution is 7.89. The molecule has 3 aromatic rings. The van der Waals surface area contributed by atoms with Crippen molar-refractivity contribution in [3.63, 3.8) is 0 Å². The molecule has 27 heavy (non-hydrogen) atoms. The summed E-state index contributed by atoms with van der Waals surface area (Å²) in [5.74, 6) is 1.02. The molecule has 9 heteroatoms. The minimum absolute atomic E-state index is 0.0554. The highest BCUT2D eigenvalue weighted by Crippen LogP contribution is 2.27. The number of hydrogen-bond acceptors (Lipinski definition) is 5. The van der Waals surface area contributed by atoms with E-state index in [2.05, 4.69) is 9.82 Å². The fourth-order valence-electron chi connectivity index (χ4n) is 2.84. The second-order valence-electron chi connectivity index (χ2n) is 6.05. The lowest BCUT2D eigenvalue weighted by Crippen LogP contribution is -2.32. The first-order chi connectivity index (χ1) is 12.8. The van der Waals surface area contributed by atoms with Gasteiger partial charge in [0.05, 0.1) is 29.0 Å². The molecule has 0 fully saturated rings. The van der Waals surface area contributed by atoms with E-state index in [4.69, 9.17) is 20.8 Å². The Bertz CT molecular complexity index is 1030. The van der Waals surface area contributed by atoms with Gasteiger partial charge < -0.3 is 9.15 Å². The fourth-order valence-corrected chi connectivity index (χ4v) is 4.22. The maximum atomic E-state index is 12.7. The second kappa shape index (κ2) is 7.75. The van der Waals surface area contributed by atoms with Crippen LogP contribution in [0.2, 0.25) is 5.02 Å². The predicted molar refractivity (Wildman–Crippen MR) is 102 cm³/mol. The van der Waals surface area contributed by atoms with Crippen LogP contribution in [0.5, 0.6) is 5.75 Å². The van der Waals surface area contributed by atoms with Gasteiger partial charge in [-0.15, -0.1) is 0 Å². The number of nitrogens with one attached hydrogen (secondary N) is 1. The Morgan fingerprint density at radius 3 is 2.63 bits per heavy atom. The Balaban J connectivity index is 1.87. The van der Waals surface area contributed by atoms with Crippen LogP contribution in [0.3, 0.4) is 0 Å². The number of aryl methyl sites for hydroxylation is 2. The van der Waals surface area contributed by atoms with E-state index in [1.54, 1.807) is 23.1 Å². The summed E-state index contributed by atoms with van der Waals surface area (Å²) >= 11 is 6.05. The van der Waals surface area contributed by atoms with Crippen molar-refractivity contribution in [2.45, 2.75) is 24.8 Å². The maximum absolute atomic E-state index is 12.7. The fraction of sp³-hybridized carbons (Fsp3) is 0.278. The third kappa shape index (κ3) is 4.18. The zero-order valence-electron chi connectivity index (χ0n) is 15.1. The van der Waals surface area contributed by atoms with Crippen LogP contribution < -0.4 is 9.46 Å². The van der Waals surface area contributed by atoms with Crippen molar-refractivity contribution in [3.8, 4) is 5.75 Å². The van der Waals surface area contributed by atoms with Crippen molar-refractivity contribution in [2.75, 3.05) is 13.7 Å². The number of nitrogens with zero attached hydrogens (tertiary/aromatic N) is 2. The Morgan fingerprint density at radius 1 is 1.30 bits per heavy atom. The normalized spacial score (nSPS) is 12.9. The Labute approximate surface area is 162 Å². The van der Waals surface area contributed by atoms with Crippen molar-refractivity contribution in [2.24, 2.45) is 0 Å². The number of furan rings is 1. The highest BCUT2D eigenvalue weighted by atomic mass is 35.5. The average Bonchev–Trinajstić information content (AvgIpc) is 3.25. The van der Waals surface area contributed by atoms with Gasteiger partial charge in [-0.3, -0.25) is 4.68 Å². The molecule has 0 aliphatic rings. The van der Waals surface area contributed by atoms with Gasteiger partial charge in [0.2, 0.25) is 10.0 Å². The summed E-state index contributed by atoms with van der Waals surface area (Å²) in [5, 5.41) is 4.68. The molecular formula is C18H20ClN3O4S. The van der Waals surface area contributed by atoms with E-state index in [9.17, 15) is 8.42 Å². The summed E-state index contributed by atoms with van der Waals surface area (Å²) in [7, 11) is -2.31. The van der Waals surface area contributed by atoms with Crippen LogP contribution in [0.4, 0.5) is 0 Å². The summed E-state index contributed by atoms with van der Waals surface area (Å²) in [6.07, 6.45) is 1.55. The number of methoxy groups -OCH3 is 1. The number of rotatable bonds is 7. The zero-order chi connectivity index (χ0) is 19.6. The molecular weight excluding hydrogens is 390 g/mol. The molecule has 1 N–H and O–H groups in total. The average molecular weight is 410 g/mol. The van der Waals surface area contributed by atoms with Crippen molar-refractivity contribution >= 4 is 21.6 Å². The van der Waals surface area contributed by atoms with Crippen molar-refractivity contribution in [1.29, 1.82) is 0 Å². The standard InChI is InChI=1S/C18H20ClN3O4S/c1-12-9-13(2)22(21-12)16(18-5-4-8-26-18)11-20-27(23,24)14-6-7-17(25-3)15(19)10-14/h4-10,16,20H,11H2,1-3H3. The molecule has 144 valence electrons. The summed E-state index contributed by atoms with van der Waals surface area (Å²) < 4.78 is 40.3. The minimum Gasteiger partial charge on any atom is -0.495 e. The van der Waals surface area contributed by atoms with Gasteiger partial charge in [0.25, 0.3) is 0 Å². The van der Waals surface area contributed by atoms with Crippen LogP contribution in [0.25, 0.3) is 0 Å². The van der Waals surface area contributed by atoms with Gasteiger partial charge in [0, 0.05) is 12.2 Å². The molecule has 2 heterocycles. The largest absolute Gasteiger partial charge is 0.495 e. The van der Waals surface area contributed by atoms with E-state index < -0.39 is 16.1 Å². The van der Waals surface area contributed by atoms with E-state index in [1.807, 2.05) is 19.9 Å². The lowest BCUT2D eigenvalue weighted by Gasteiger charge is -2.18. The number of halogens is 1. The molecule has 0 bridgehead atoms. The lowest BCUT2D eigenvalue weighted by molar-refractivity contribution is 0.396. The van der Waals surface area contributed by atoms with Gasteiger partial charge in [-0.1, -0.05) is 11.6 Å². The molecule has 0 aliphatic carbocycles. The molecule has 0 amide bonds. The molecule has 0 radical (unpaired) electrons. The number of ether oxygens (including phenoxy) is 1. The van der Waals surface area contributed by atoms with Crippen LogP contribution in [0.15, 0.2) is 52.0 Å². The molecule has 3 rings (SSSR count). The summed E-state index contributed by atoms with van der Waals surface area (Å²) in [6.45, 7) is 3.86. The van der Waals surface area contributed by atoms with E-state index in [1.165, 1.54) is 25.3 Å². The SMILES string of the molecule is COc1ccc(S(=O)(=O)NCC(c2ccco2)n2nc(C)cc2C)cc1Cl. The Morgan fingerprint density at radius 2 is 2.07 bits per heavy atom. The molecule has 0 saturated carbocycles. The number of sulfonamides is 1. The molecule has 2 aromatic heterocycles. The summed E-state index contributed by atoms with van der Waals surface area (Å²) in [6, 6.07) is 9.37. The van der Waals surface area contributed by atoms with Crippen LogP contribution in [0, 0.1) is 13.8 Å². The summed E-state index contributed by atoms with van der Waals surface area (Å²) in [5.41, 5.74) is 1.74. The lowest BCUT2D eigenvalue weighted by atomic mass is 10.2. The van der Waals surface area contributed by atoms with E-state index in [0.717, 1.165) is 11.4 Å². The number of benzene rings is 1. The minimum atomic E-state index is -3.78. The number of hydrogen-bond donors (Lipinski definition) is 1. The second-order valence-corrected chi connectivity index (χ2v) is 8.23. The molecule has 1 aromatic carbocycles. The van der Waals surface area contributed by atoms with E-state index >= 15 is 0 Å². The first-order valence-corrected chi connectivity index (χ1v) is 10.1.